The standard InChI is InChI=1S/C25H23Cl2N3O3/c26-19-7-5-17(6-8-19)16-33-22-4-2-1-3-21(22)25(32)30-13-11-18(12-14-30)24(31)29-23-10-9-20(27)15-28-23/h1-10,15,18H,11-14,16H2,(H,28,29,31). The van der Waals surface area contributed by atoms with Crippen molar-refractivity contribution in [3.63, 3.8) is 0 Å². The van der Waals surface area contributed by atoms with Gasteiger partial charge in [0.05, 0.1) is 10.6 Å². The number of nitrogens with one attached hydrogen (secondary N) is 1. The van der Waals surface area contributed by atoms with E-state index in [9.17, 15) is 9.59 Å². The summed E-state index contributed by atoms with van der Waals surface area (Å²) in [5.41, 5.74) is 1.48. The smallest absolute Gasteiger partial charge is 0.257 e. The lowest BCUT2D eigenvalue weighted by Gasteiger charge is -2.31. The second kappa shape index (κ2) is 10.7. The molecule has 0 spiro atoms. The first-order valence-electron chi connectivity index (χ1n) is 10.7. The van der Waals surface area contributed by atoms with E-state index >= 15 is 0 Å². The number of halogens is 2. The van der Waals surface area contributed by atoms with Crippen LogP contribution in [-0.2, 0) is 11.4 Å². The second-order valence-electron chi connectivity index (χ2n) is 7.83. The Morgan fingerprint density at radius 1 is 0.970 bits per heavy atom. The number of hydrogen-bond acceptors (Lipinski definition) is 4. The second-order valence-corrected chi connectivity index (χ2v) is 8.70. The topological polar surface area (TPSA) is 71.5 Å². The first-order chi connectivity index (χ1) is 16.0. The molecular weight excluding hydrogens is 461 g/mol. The molecule has 1 N–H and O–H groups in total. The van der Waals surface area contributed by atoms with Gasteiger partial charge in [-0.2, -0.15) is 0 Å². The van der Waals surface area contributed by atoms with Crippen LogP contribution >= 0.6 is 23.2 Å². The van der Waals surface area contributed by atoms with Crippen LogP contribution in [0, 0.1) is 5.92 Å². The van der Waals surface area contributed by atoms with Crippen molar-refractivity contribution in [3.05, 3.63) is 88.0 Å². The molecule has 8 heteroatoms. The molecule has 4 rings (SSSR count). The predicted molar refractivity (Wildman–Crippen MR) is 129 cm³/mol. The zero-order chi connectivity index (χ0) is 23.2. The summed E-state index contributed by atoms with van der Waals surface area (Å²) in [4.78, 5) is 31.6. The number of nitrogens with zero attached hydrogens (tertiary/aromatic N) is 2. The van der Waals surface area contributed by atoms with Gasteiger partial charge in [0.2, 0.25) is 5.91 Å². The lowest BCUT2D eigenvalue weighted by atomic mass is 9.95. The van der Waals surface area contributed by atoms with Crippen LogP contribution in [-0.4, -0.2) is 34.8 Å². The zero-order valence-corrected chi connectivity index (χ0v) is 19.4. The first kappa shape index (κ1) is 23.1. The number of carbonyl (C=O) groups excluding carboxylic acids is 2. The Balaban J connectivity index is 1.34. The number of rotatable bonds is 6. The maximum Gasteiger partial charge on any atom is 0.257 e. The molecule has 1 saturated heterocycles. The lowest BCUT2D eigenvalue weighted by molar-refractivity contribution is -0.121. The minimum absolute atomic E-state index is 0.0939. The van der Waals surface area contributed by atoms with Crippen molar-refractivity contribution < 1.29 is 14.3 Å². The van der Waals surface area contributed by atoms with Crippen molar-refractivity contribution in [2.24, 2.45) is 5.92 Å². The Morgan fingerprint density at radius 2 is 1.67 bits per heavy atom. The van der Waals surface area contributed by atoms with Gasteiger partial charge in [-0.05, 0) is 54.8 Å². The van der Waals surface area contributed by atoms with Gasteiger partial charge in [-0.25, -0.2) is 4.98 Å². The fourth-order valence-corrected chi connectivity index (χ4v) is 3.94. The Hall–Kier alpha value is -3.09. The van der Waals surface area contributed by atoms with Gasteiger partial charge in [0, 0.05) is 30.2 Å². The molecular formula is C25H23Cl2N3O3. The van der Waals surface area contributed by atoms with Crippen molar-refractivity contribution in [1.29, 1.82) is 0 Å². The average molecular weight is 484 g/mol. The van der Waals surface area contributed by atoms with E-state index in [1.807, 2.05) is 24.3 Å². The fraction of sp³-hybridized carbons (Fsp3) is 0.240. The molecule has 0 radical (unpaired) electrons. The third kappa shape index (κ3) is 6.03. The van der Waals surface area contributed by atoms with Crippen LogP contribution in [0.2, 0.25) is 10.0 Å². The van der Waals surface area contributed by atoms with Crippen LogP contribution in [0.4, 0.5) is 5.82 Å². The summed E-state index contributed by atoms with van der Waals surface area (Å²) < 4.78 is 5.94. The quantitative estimate of drug-likeness (QED) is 0.505. The van der Waals surface area contributed by atoms with Gasteiger partial charge in [0.1, 0.15) is 18.2 Å². The van der Waals surface area contributed by atoms with Crippen molar-refractivity contribution in [2.45, 2.75) is 19.4 Å². The molecule has 3 aromatic rings. The summed E-state index contributed by atoms with van der Waals surface area (Å²) >= 11 is 11.8. The molecule has 0 saturated carbocycles. The molecule has 6 nitrogen and oxygen atoms in total. The molecule has 2 amide bonds. The summed E-state index contributed by atoms with van der Waals surface area (Å²) in [5.74, 6) is 0.632. The zero-order valence-electron chi connectivity index (χ0n) is 17.8. The van der Waals surface area contributed by atoms with Crippen molar-refractivity contribution in [3.8, 4) is 5.75 Å². The number of carbonyl (C=O) groups is 2. The summed E-state index contributed by atoms with van der Waals surface area (Å²) in [7, 11) is 0. The molecule has 0 bridgehead atoms. The maximum atomic E-state index is 13.2. The number of benzene rings is 2. The maximum absolute atomic E-state index is 13.2. The van der Waals surface area contributed by atoms with Gasteiger partial charge in [0.25, 0.3) is 5.91 Å². The Bertz CT molecular complexity index is 1110. The first-order valence-corrected chi connectivity index (χ1v) is 11.4. The van der Waals surface area contributed by atoms with Gasteiger partial charge in [0.15, 0.2) is 0 Å². The van der Waals surface area contributed by atoms with Gasteiger partial charge >= 0.3 is 0 Å². The number of hydrogen-bond donors (Lipinski definition) is 1. The number of ether oxygens (including phenoxy) is 1. The molecule has 170 valence electrons. The van der Waals surface area contributed by atoms with Gasteiger partial charge in [-0.1, -0.05) is 47.5 Å². The Labute approximate surface area is 202 Å². The Kier molecular flexibility index (Phi) is 7.47. The van der Waals surface area contributed by atoms with Gasteiger partial charge in [-0.3, -0.25) is 9.59 Å². The molecule has 2 aromatic carbocycles. The van der Waals surface area contributed by atoms with E-state index in [4.69, 9.17) is 27.9 Å². The van der Waals surface area contributed by atoms with Crippen LogP contribution in [0.5, 0.6) is 5.75 Å². The van der Waals surface area contributed by atoms with E-state index in [1.165, 1.54) is 6.20 Å². The number of anilines is 1. The molecule has 2 heterocycles. The molecule has 1 aromatic heterocycles. The van der Waals surface area contributed by atoms with E-state index in [-0.39, 0.29) is 17.7 Å². The van der Waals surface area contributed by atoms with Crippen molar-refractivity contribution >= 4 is 40.8 Å². The third-order valence-corrected chi connectivity index (χ3v) is 6.03. The number of likely N-dealkylation sites (tertiary alicyclic amines) is 1. The van der Waals surface area contributed by atoms with Crippen LogP contribution < -0.4 is 10.1 Å². The summed E-state index contributed by atoms with van der Waals surface area (Å²) in [6, 6.07) is 18.0. The molecule has 0 atom stereocenters. The molecule has 0 unspecified atom stereocenters. The van der Waals surface area contributed by atoms with Gasteiger partial charge < -0.3 is 15.0 Å². The van der Waals surface area contributed by atoms with Crippen molar-refractivity contribution in [1.82, 2.24) is 9.88 Å². The highest BCUT2D eigenvalue weighted by Gasteiger charge is 2.29. The van der Waals surface area contributed by atoms with E-state index in [0.29, 0.717) is 59.7 Å². The van der Waals surface area contributed by atoms with Crippen LogP contribution in [0.15, 0.2) is 66.9 Å². The highest BCUT2D eigenvalue weighted by atomic mass is 35.5. The van der Waals surface area contributed by atoms with Crippen LogP contribution in [0.3, 0.4) is 0 Å². The minimum Gasteiger partial charge on any atom is -0.488 e. The number of para-hydroxylation sites is 1. The fourth-order valence-electron chi connectivity index (χ4n) is 3.70. The van der Waals surface area contributed by atoms with Crippen LogP contribution in [0.25, 0.3) is 0 Å². The highest BCUT2D eigenvalue weighted by Crippen LogP contribution is 2.25. The SMILES string of the molecule is O=C(Nc1ccc(Cl)cn1)C1CCN(C(=O)c2ccccc2OCc2ccc(Cl)cc2)CC1. The van der Waals surface area contributed by atoms with Crippen molar-refractivity contribution in [2.75, 3.05) is 18.4 Å². The third-order valence-electron chi connectivity index (χ3n) is 5.56. The average Bonchev–Trinajstić information content (AvgIpc) is 2.85. The number of piperidine rings is 1. The van der Waals surface area contributed by atoms with E-state index < -0.39 is 0 Å². The van der Waals surface area contributed by atoms with Gasteiger partial charge in [-0.15, -0.1) is 0 Å². The minimum atomic E-state index is -0.178. The van der Waals surface area contributed by atoms with E-state index in [0.717, 1.165) is 5.56 Å². The monoisotopic (exact) mass is 483 g/mol. The largest absolute Gasteiger partial charge is 0.488 e. The molecule has 1 aliphatic heterocycles. The summed E-state index contributed by atoms with van der Waals surface area (Å²) in [5, 5.41) is 3.99. The molecule has 1 fully saturated rings. The van der Waals surface area contributed by atoms with Crippen LogP contribution in [0.1, 0.15) is 28.8 Å². The normalized spacial score (nSPS) is 14.1. The van der Waals surface area contributed by atoms with E-state index in [2.05, 4.69) is 10.3 Å². The molecule has 1 aliphatic rings. The molecule has 33 heavy (non-hydrogen) atoms. The van der Waals surface area contributed by atoms with E-state index in [1.54, 1.807) is 41.3 Å². The highest BCUT2D eigenvalue weighted by molar-refractivity contribution is 6.30. The molecule has 0 aliphatic carbocycles. The Morgan fingerprint density at radius 3 is 2.36 bits per heavy atom. The predicted octanol–water partition coefficient (Wildman–Crippen LogP) is 5.46. The number of pyridine rings is 1. The summed E-state index contributed by atoms with van der Waals surface area (Å²) in [6.45, 7) is 1.33. The number of amides is 2. The lowest BCUT2D eigenvalue weighted by Crippen LogP contribution is -2.41. The number of aromatic nitrogens is 1. The summed E-state index contributed by atoms with van der Waals surface area (Å²) in [6.07, 6.45) is 2.66.